The van der Waals surface area contributed by atoms with E-state index in [1.807, 2.05) is 55.5 Å². The number of carbonyl (C=O) groups excluding carboxylic acids is 2. The number of urea groups is 1. The van der Waals surface area contributed by atoms with E-state index in [9.17, 15) is 9.59 Å². The predicted molar refractivity (Wildman–Crippen MR) is 100 cm³/mol. The van der Waals surface area contributed by atoms with E-state index >= 15 is 0 Å². The number of aryl methyl sites for hydroxylation is 1. The van der Waals surface area contributed by atoms with Crippen LogP contribution < -0.4 is 15.5 Å². The second-order valence-electron chi connectivity index (χ2n) is 5.37. The molecule has 0 spiro atoms. The van der Waals surface area contributed by atoms with Gasteiger partial charge in [-0.3, -0.25) is 4.79 Å². The van der Waals surface area contributed by atoms with E-state index in [-0.39, 0.29) is 11.9 Å². The van der Waals surface area contributed by atoms with E-state index < -0.39 is 0 Å². The molecule has 126 valence electrons. The Kier molecular flexibility index (Phi) is 6.37. The van der Waals surface area contributed by atoms with Crippen LogP contribution in [0.5, 0.6) is 0 Å². The van der Waals surface area contributed by atoms with Crippen molar-refractivity contribution < 1.29 is 9.59 Å². The van der Waals surface area contributed by atoms with Crippen molar-refractivity contribution in [2.45, 2.75) is 13.8 Å². The zero-order valence-electron chi connectivity index (χ0n) is 13.7. The molecule has 0 unspecified atom stereocenters. The molecule has 6 heteroatoms. The topological polar surface area (TPSA) is 61.4 Å². The van der Waals surface area contributed by atoms with E-state index in [4.69, 9.17) is 0 Å². The van der Waals surface area contributed by atoms with Crippen molar-refractivity contribution in [1.82, 2.24) is 5.32 Å². The molecule has 0 fully saturated rings. The van der Waals surface area contributed by atoms with Crippen molar-refractivity contribution in [3.63, 3.8) is 0 Å². The second kappa shape index (κ2) is 8.49. The molecular formula is C18H20BrN3O2. The first-order valence-electron chi connectivity index (χ1n) is 7.61. The van der Waals surface area contributed by atoms with Gasteiger partial charge >= 0.3 is 6.03 Å². The number of carbonyl (C=O) groups is 2. The Hall–Kier alpha value is -2.34. The van der Waals surface area contributed by atoms with E-state index in [2.05, 4.69) is 26.6 Å². The van der Waals surface area contributed by atoms with Crippen LogP contribution in [0.2, 0.25) is 0 Å². The lowest BCUT2D eigenvalue weighted by molar-refractivity contribution is -0.116. The molecule has 2 N–H and O–H groups in total. The standard InChI is InChI=1S/C18H20BrN3O2/c1-13-8-9-17(16(19)12-13)22(14(2)23)11-10-20-18(24)21-15-6-4-3-5-7-15/h3-9,12H,10-11H2,1-2H3,(H2,20,21,24). The number of amides is 3. The molecule has 2 aromatic rings. The van der Waals surface area contributed by atoms with Crippen molar-refractivity contribution >= 4 is 39.2 Å². The van der Waals surface area contributed by atoms with E-state index in [1.165, 1.54) is 6.92 Å². The van der Waals surface area contributed by atoms with E-state index in [0.29, 0.717) is 13.1 Å². The molecule has 0 saturated heterocycles. The highest BCUT2D eigenvalue weighted by atomic mass is 79.9. The summed E-state index contributed by atoms with van der Waals surface area (Å²) in [4.78, 5) is 25.4. The van der Waals surface area contributed by atoms with Crippen molar-refractivity contribution in [3.8, 4) is 0 Å². The molecule has 0 radical (unpaired) electrons. The fraction of sp³-hybridized carbons (Fsp3) is 0.222. The molecule has 0 aliphatic heterocycles. The maximum atomic E-state index is 11.9. The Morgan fingerprint density at radius 2 is 1.83 bits per heavy atom. The van der Waals surface area contributed by atoms with Gasteiger partial charge in [0.05, 0.1) is 5.69 Å². The van der Waals surface area contributed by atoms with Crippen LogP contribution in [0, 0.1) is 6.92 Å². The SMILES string of the molecule is CC(=O)N(CCNC(=O)Nc1ccccc1)c1ccc(C)cc1Br. The summed E-state index contributed by atoms with van der Waals surface area (Å²) in [6.45, 7) is 4.23. The summed E-state index contributed by atoms with van der Waals surface area (Å²) in [6, 6.07) is 14.7. The van der Waals surface area contributed by atoms with Crippen molar-refractivity contribution in [2.75, 3.05) is 23.3 Å². The molecule has 24 heavy (non-hydrogen) atoms. The normalized spacial score (nSPS) is 10.1. The molecule has 0 atom stereocenters. The minimum absolute atomic E-state index is 0.0789. The first-order chi connectivity index (χ1) is 11.5. The molecular weight excluding hydrogens is 370 g/mol. The minimum atomic E-state index is -0.298. The van der Waals surface area contributed by atoms with Crippen LogP contribution in [0.3, 0.4) is 0 Å². The van der Waals surface area contributed by atoms with Gasteiger partial charge in [-0.25, -0.2) is 4.79 Å². The summed E-state index contributed by atoms with van der Waals surface area (Å²) in [5, 5.41) is 5.50. The number of rotatable bonds is 5. The number of halogens is 1. The number of hydrogen-bond acceptors (Lipinski definition) is 2. The monoisotopic (exact) mass is 389 g/mol. The smallest absolute Gasteiger partial charge is 0.319 e. The fourth-order valence-corrected chi connectivity index (χ4v) is 2.96. The molecule has 3 amide bonds. The number of benzene rings is 2. The molecule has 2 rings (SSSR count). The highest BCUT2D eigenvalue weighted by Gasteiger charge is 2.14. The van der Waals surface area contributed by atoms with Gasteiger partial charge in [-0.2, -0.15) is 0 Å². The maximum Gasteiger partial charge on any atom is 0.319 e. The van der Waals surface area contributed by atoms with Crippen molar-refractivity contribution in [2.24, 2.45) is 0 Å². The summed E-state index contributed by atoms with van der Waals surface area (Å²) in [5.74, 6) is -0.0789. The molecule has 0 bridgehead atoms. The number of nitrogens with zero attached hydrogens (tertiary/aromatic N) is 1. The molecule has 5 nitrogen and oxygen atoms in total. The van der Waals surface area contributed by atoms with Gasteiger partial charge in [0.25, 0.3) is 0 Å². The largest absolute Gasteiger partial charge is 0.336 e. The third-order valence-electron chi connectivity index (χ3n) is 3.43. The maximum absolute atomic E-state index is 11.9. The van der Waals surface area contributed by atoms with Crippen LogP contribution in [-0.2, 0) is 4.79 Å². The summed E-state index contributed by atoms with van der Waals surface area (Å²) in [5.41, 5.74) is 2.62. The highest BCUT2D eigenvalue weighted by molar-refractivity contribution is 9.10. The number of para-hydroxylation sites is 1. The fourth-order valence-electron chi connectivity index (χ4n) is 2.26. The lowest BCUT2D eigenvalue weighted by Gasteiger charge is -2.23. The van der Waals surface area contributed by atoms with E-state index in [0.717, 1.165) is 21.4 Å². The third-order valence-corrected chi connectivity index (χ3v) is 4.06. The summed E-state index contributed by atoms with van der Waals surface area (Å²) in [6.07, 6.45) is 0. The molecule has 0 saturated carbocycles. The van der Waals surface area contributed by atoms with Crippen molar-refractivity contribution in [1.29, 1.82) is 0 Å². The van der Waals surface area contributed by atoms with Gasteiger partial charge < -0.3 is 15.5 Å². The minimum Gasteiger partial charge on any atom is -0.336 e. The zero-order valence-corrected chi connectivity index (χ0v) is 15.3. The Morgan fingerprint density at radius 3 is 2.46 bits per heavy atom. The van der Waals surface area contributed by atoms with Gasteiger partial charge in [-0.05, 0) is 52.7 Å². The molecule has 0 heterocycles. The van der Waals surface area contributed by atoms with Gasteiger partial charge in [0.1, 0.15) is 0 Å². The predicted octanol–water partition coefficient (Wildman–Crippen LogP) is 3.93. The van der Waals surface area contributed by atoms with Crippen LogP contribution in [0.15, 0.2) is 53.0 Å². The Bertz CT molecular complexity index is 719. The van der Waals surface area contributed by atoms with Gasteiger partial charge in [0.15, 0.2) is 0 Å². The first kappa shape index (κ1) is 18.0. The van der Waals surface area contributed by atoms with Gasteiger partial charge in [-0.15, -0.1) is 0 Å². The van der Waals surface area contributed by atoms with Crippen LogP contribution in [0.1, 0.15) is 12.5 Å². The first-order valence-corrected chi connectivity index (χ1v) is 8.41. The summed E-state index contributed by atoms with van der Waals surface area (Å²) in [7, 11) is 0. The van der Waals surface area contributed by atoms with Gasteiger partial charge in [0, 0.05) is 30.2 Å². The molecule has 0 aliphatic rings. The van der Waals surface area contributed by atoms with Gasteiger partial charge in [0.2, 0.25) is 5.91 Å². The lowest BCUT2D eigenvalue weighted by atomic mass is 10.2. The molecule has 0 aliphatic carbocycles. The average Bonchev–Trinajstić information content (AvgIpc) is 2.53. The van der Waals surface area contributed by atoms with Crippen molar-refractivity contribution in [3.05, 3.63) is 58.6 Å². The van der Waals surface area contributed by atoms with Crippen LogP contribution in [0.25, 0.3) is 0 Å². The Labute approximate surface area is 150 Å². The lowest BCUT2D eigenvalue weighted by Crippen LogP contribution is -2.39. The quantitative estimate of drug-likeness (QED) is 0.813. The molecule has 0 aromatic heterocycles. The zero-order chi connectivity index (χ0) is 17.5. The third kappa shape index (κ3) is 5.09. The summed E-state index contributed by atoms with van der Waals surface area (Å²) < 4.78 is 0.853. The molecule has 2 aromatic carbocycles. The average molecular weight is 390 g/mol. The van der Waals surface area contributed by atoms with E-state index in [1.54, 1.807) is 4.90 Å². The van der Waals surface area contributed by atoms with Crippen LogP contribution in [-0.4, -0.2) is 25.0 Å². The number of nitrogens with one attached hydrogen (secondary N) is 2. The number of anilines is 2. The highest BCUT2D eigenvalue weighted by Crippen LogP contribution is 2.27. The number of hydrogen-bond donors (Lipinski definition) is 2. The Morgan fingerprint density at radius 1 is 1.12 bits per heavy atom. The Balaban J connectivity index is 1.92. The van der Waals surface area contributed by atoms with Crippen LogP contribution in [0.4, 0.5) is 16.2 Å². The summed E-state index contributed by atoms with van der Waals surface area (Å²) >= 11 is 3.49. The van der Waals surface area contributed by atoms with Crippen LogP contribution >= 0.6 is 15.9 Å². The second-order valence-corrected chi connectivity index (χ2v) is 6.23. The van der Waals surface area contributed by atoms with Gasteiger partial charge in [-0.1, -0.05) is 24.3 Å².